The highest BCUT2D eigenvalue weighted by atomic mass is 32.1. The Bertz CT molecular complexity index is 780. The van der Waals surface area contributed by atoms with Gasteiger partial charge in [0.1, 0.15) is 21.6 Å². The van der Waals surface area contributed by atoms with E-state index in [1.807, 2.05) is 0 Å². The number of halogens is 2. The van der Waals surface area contributed by atoms with Gasteiger partial charge in [0.15, 0.2) is 0 Å². The fourth-order valence-corrected chi connectivity index (χ4v) is 2.98. The van der Waals surface area contributed by atoms with Gasteiger partial charge in [0, 0.05) is 0 Å². The number of rotatable bonds is 4. The number of para-hydroxylation sites is 2. The van der Waals surface area contributed by atoms with Crippen LogP contribution in [0.15, 0.2) is 48.5 Å². The summed E-state index contributed by atoms with van der Waals surface area (Å²) >= 11 is 1.19. The molecule has 0 saturated carbocycles. The van der Waals surface area contributed by atoms with Crippen molar-refractivity contribution in [1.82, 2.24) is 0 Å². The molecular formula is C16H14F2N4S. The predicted molar refractivity (Wildman–Crippen MR) is 92.5 cm³/mol. The van der Waals surface area contributed by atoms with E-state index in [-0.39, 0.29) is 22.7 Å². The molecule has 0 fully saturated rings. The van der Waals surface area contributed by atoms with Crippen molar-refractivity contribution in [1.29, 1.82) is 0 Å². The van der Waals surface area contributed by atoms with Crippen LogP contribution in [0.4, 0.5) is 41.5 Å². The van der Waals surface area contributed by atoms with E-state index in [1.54, 1.807) is 36.4 Å². The van der Waals surface area contributed by atoms with Crippen molar-refractivity contribution in [2.24, 2.45) is 0 Å². The molecule has 3 rings (SSSR count). The lowest BCUT2D eigenvalue weighted by molar-refractivity contribution is 0.631. The van der Waals surface area contributed by atoms with Crippen molar-refractivity contribution in [2.45, 2.75) is 0 Å². The molecule has 0 aliphatic carbocycles. The minimum Gasteiger partial charge on any atom is -0.395 e. The SMILES string of the molecule is Nc1c(Nc2ccccc2F)sc(Nc2ccccc2F)c1N. The van der Waals surface area contributed by atoms with E-state index in [9.17, 15) is 8.78 Å². The van der Waals surface area contributed by atoms with E-state index in [0.717, 1.165) is 0 Å². The summed E-state index contributed by atoms with van der Waals surface area (Å²) in [6, 6.07) is 12.5. The second-order valence-corrected chi connectivity index (χ2v) is 5.82. The lowest BCUT2D eigenvalue weighted by Crippen LogP contribution is -1.98. The maximum Gasteiger partial charge on any atom is 0.146 e. The zero-order chi connectivity index (χ0) is 16.4. The quantitative estimate of drug-likeness (QED) is 0.560. The first-order chi connectivity index (χ1) is 11.1. The van der Waals surface area contributed by atoms with Crippen molar-refractivity contribution in [3.8, 4) is 0 Å². The van der Waals surface area contributed by atoms with Gasteiger partial charge in [0.2, 0.25) is 0 Å². The fraction of sp³-hybridized carbons (Fsp3) is 0. The molecule has 4 nitrogen and oxygen atoms in total. The second-order valence-electron chi connectivity index (χ2n) is 4.80. The topological polar surface area (TPSA) is 76.1 Å². The summed E-state index contributed by atoms with van der Waals surface area (Å²) in [5.41, 5.74) is 13.1. The first-order valence-electron chi connectivity index (χ1n) is 6.77. The molecule has 7 heteroatoms. The van der Waals surface area contributed by atoms with Crippen LogP contribution in [0.2, 0.25) is 0 Å². The third kappa shape index (κ3) is 3.04. The normalized spacial score (nSPS) is 10.5. The molecule has 0 radical (unpaired) electrons. The molecule has 0 spiro atoms. The van der Waals surface area contributed by atoms with Crippen LogP contribution in [0, 0.1) is 11.6 Å². The number of hydrogen-bond donors (Lipinski definition) is 4. The van der Waals surface area contributed by atoms with E-state index in [1.165, 1.54) is 23.5 Å². The van der Waals surface area contributed by atoms with Gasteiger partial charge in [-0.3, -0.25) is 0 Å². The minimum absolute atomic E-state index is 0.289. The minimum atomic E-state index is -0.400. The number of nitrogens with two attached hydrogens (primary N) is 2. The van der Waals surface area contributed by atoms with Gasteiger partial charge < -0.3 is 22.1 Å². The maximum absolute atomic E-state index is 13.7. The van der Waals surface area contributed by atoms with Gasteiger partial charge in [-0.05, 0) is 24.3 Å². The van der Waals surface area contributed by atoms with E-state index >= 15 is 0 Å². The molecule has 23 heavy (non-hydrogen) atoms. The molecule has 1 aromatic heterocycles. The molecule has 2 aromatic carbocycles. The Morgan fingerprint density at radius 1 is 0.696 bits per heavy atom. The van der Waals surface area contributed by atoms with Crippen LogP contribution in [0.5, 0.6) is 0 Å². The summed E-state index contributed by atoms with van der Waals surface area (Å²) in [7, 11) is 0. The lowest BCUT2D eigenvalue weighted by atomic mass is 10.3. The molecule has 0 bridgehead atoms. The molecule has 1 heterocycles. The van der Waals surface area contributed by atoms with E-state index in [0.29, 0.717) is 10.0 Å². The molecule has 0 amide bonds. The molecule has 118 valence electrons. The smallest absolute Gasteiger partial charge is 0.146 e. The lowest BCUT2D eigenvalue weighted by Gasteiger charge is -2.05. The van der Waals surface area contributed by atoms with Crippen LogP contribution in [0.25, 0.3) is 0 Å². The molecule has 0 saturated heterocycles. The Morgan fingerprint density at radius 2 is 1.09 bits per heavy atom. The summed E-state index contributed by atoms with van der Waals surface area (Å²) in [5.74, 6) is -0.801. The third-order valence-electron chi connectivity index (χ3n) is 3.23. The molecule has 0 aliphatic rings. The number of nitrogens with one attached hydrogen (secondary N) is 2. The molecule has 6 N–H and O–H groups in total. The standard InChI is InChI=1S/C16H14F2N4S/c17-9-5-1-3-7-11(9)21-15-13(19)14(20)16(23-15)22-12-8-4-2-6-10(12)18/h1-8,21-22H,19-20H2. The van der Waals surface area contributed by atoms with Crippen LogP contribution in [0.3, 0.4) is 0 Å². The van der Waals surface area contributed by atoms with Crippen LogP contribution < -0.4 is 22.1 Å². The zero-order valence-corrected chi connectivity index (χ0v) is 12.8. The predicted octanol–water partition coefficient (Wildman–Crippen LogP) is 4.68. The maximum atomic E-state index is 13.7. The van der Waals surface area contributed by atoms with E-state index in [2.05, 4.69) is 10.6 Å². The monoisotopic (exact) mass is 332 g/mol. The van der Waals surface area contributed by atoms with Crippen LogP contribution >= 0.6 is 11.3 Å². The largest absolute Gasteiger partial charge is 0.395 e. The molecule has 0 aliphatic heterocycles. The fourth-order valence-electron chi connectivity index (χ4n) is 2.01. The number of hydrogen-bond acceptors (Lipinski definition) is 5. The van der Waals surface area contributed by atoms with E-state index in [4.69, 9.17) is 11.5 Å². The number of nitrogen functional groups attached to an aromatic ring is 2. The van der Waals surface area contributed by atoms with Gasteiger partial charge in [0.25, 0.3) is 0 Å². The van der Waals surface area contributed by atoms with Gasteiger partial charge in [-0.15, -0.1) is 0 Å². The first kappa shape index (κ1) is 15.1. The van der Waals surface area contributed by atoms with Gasteiger partial charge in [-0.2, -0.15) is 0 Å². The summed E-state index contributed by atoms with van der Waals surface area (Å²) in [6.07, 6.45) is 0. The number of thiophene rings is 1. The first-order valence-corrected chi connectivity index (χ1v) is 7.58. The van der Waals surface area contributed by atoms with Crippen LogP contribution in [-0.2, 0) is 0 Å². The van der Waals surface area contributed by atoms with Gasteiger partial charge in [-0.1, -0.05) is 35.6 Å². The van der Waals surface area contributed by atoms with Crippen molar-refractivity contribution in [3.63, 3.8) is 0 Å². The van der Waals surface area contributed by atoms with Crippen LogP contribution in [-0.4, -0.2) is 0 Å². The molecule has 0 unspecified atom stereocenters. The Labute approximate surface area is 135 Å². The summed E-state index contributed by atoms with van der Waals surface area (Å²) in [4.78, 5) is 0. The van der Waals surface area contributed by atoms with Gasteiger partial charge >= 0.3 is 0 Å². The van der Waals surface area contributed by atoms with Crippen molar-refractivity contribution < 1.29 is 8.78 Å². The summed E-state index contributed by atoms with van der Waals surface area (Å²) in [6.45, 7) is 0. The van der Waals surface area contributed by atoms with Crippen LogP contribution in [0.1, 0.15) is 0 Å². The van der Waals surface area contributed by atoms with Crippen molar-refractivity contribution in [3.05, 3.63) is 60.2 Å². The van der Waals surface area contributed by atoms with Gasteiger partial charge in [-0.25, -0.2) is 8.78 Å². The summed E-state index contributed by atoms with van der Waals surface area (Å²) in [5, 5.41) is 6.80. The zero-order valence-electron chi connectivity index (χ0n) is 11.9. The second kappa shape index (κ2) is 6.13. The Balaban J connectivity index is 1.90. The average molecular weight is 332 g/mol. The Hall–Kier alpha value is -2.80. The van der Waals surface area contributed by atoms with Gasteiger partial charge in [0.05, 0.1) is 22.7 Å². The van der Waals surface area contributed by atoms with Crippen molar-refractivity contribution in [2.75, 3.05) is 22.1 Å². The summed E-state index contributed by atoms with van der Waals surface area (Å²) < 4.78 is 27.4. The number of anilines is 6. The Kier molecular flexibility index (Phi) is 4.03. The van der Waals surface area contributed by atoms with Crippen molar-refractivity contribution >= 4 is 44.1 Å². The highest BCUT2D eigenvalue weighted by Gasteiger charge is 2.16. The third-order valence-corrected chi connectivity index (χ3v) is 4.28. The molecule has 3 aromatic rings. The molecule has 0 atom stereocenters. The van der Waals surface area contributed by atoms with E-state index < -0.39 is 11.6 Å². The highest BCUT2D eigenvalue weighted by Crippen LogP contribution is 2.45. The molecular weight excluding hydrogens is 318 g/mol. The number of benzene rings is 2. The average Bonchev–Trinajstić information content (AvgIpc) is 2.80. The Morgan fingerprint density at radius 3 is 1.48 bits per heavy atom. The highest BCUT2D eigenvalue weighted by molar-refractivity contribution is 7.21.